The highest BCUT2D eigenvalue weighted by atomic mass is 16.5. The van der Waals surface area contributed by atoms with Crippen LogP contribution in [-0.2, 0) is 0 Å². The highest BCUT2D eigenvalue weighted by molar-refractivity contribution is 5.42. The summed E-state index contributed by atoms with van der Waals surface area (Å²) in [6.45, 7) is 8.03. The van der Waals surface area contributed by atoms with Crippen molar-refractivity contribution in [3.63, 3.8) is 0 Å². The number of hydrogen-bond donors (Lipinski definition) is 2. The maximum Gasteiger partial charge on any atom is 0.122 e. The van der Waals surface area contributed by atoms with Crippen LogP contribution in [0.4, 0.5) is 0 Å². The van der Waals surface area contributed by atoms with E-state index in [1.54, 1.807) is 7.11 Å². The van der Waals surface area contributed by atoms with Gasteiger partial charge in [0.1, 0.15) is 5.75 Å². The lowest BCUT2D eigenvalue weighted by atomic mass is 9.88. The van der Waals surface area contributed by atoms with Gasteiger partial charge in [0.15, 0.2) is 0 Å². The zero-order valence-electron chi connectivity index (χ0n) is 12.6. The second-order valence-corrected chi connectivity index (χ2v) is 5.36. The van der Waals surface area contributed by atoms with Gasteiger partial charge in [0.05, 0.1) is 19.3 Å². The van der Waals surface area contributed by atoms with Crippen LogP contribution in [0.5, 0.6) is 5.75 Å². The predicted octanol–water partition coefficient (Wildman–Crippen LogP) is 2.94. The van der Waals surface area contributed by atoms with E-state index < -0.39 is 12.2 Å². The Labute approximate surface area is 116 Å². The number of rotatable bonds is 6. The zero-order valence-corrected chi connectivity index (χ0v) is 12.6. The molecule has 0 aliphatic rings. The first-order valence-electron chi connectivity index (χ1n) is 6.91. The van der Waals surface area contributed by atoms with Crippen molar-refractivity contribution in [1.82, 2.24) is 0 Å². The van der Waals surface area contributed by atoms with Gasteiger partial charge in [-0.05, 0) is 55.4 Å². The quantitative estimate of drug-likeness (QED) is 0.832. The van der Waals surface area contributed by atoms with Crippen molar-refractivity contribution in [1.29, 1.82) is 0 Å². The van der Waals surface area contributed by atoms with Gasteiger partial charge >= 0.3 is 0 Å². The van der Waals surface area contributed by atoms with E-state index in [1.807, 2.05) is 19.9 Å². The van der Waals surface area contributed by atoms with Crippen LogP contribution in [0.15, 0.2) is 12.1 Å². The van der Waals surface area contributed by atoms with Gasteiger partial charge < -0.3 is 14.9 Å². The Hall–Kier alpha value is -1.06. The van der Waals surface area contributed by atoms with Gasteiger partial charge in [-0.1, -0.05) is 19.9 Å². The molecule has 1 aromatic rings. The van der Waals surface area contributed by atoms with E-state index >= 15 is 0 Å². The van der Waals surface area contributed by atoms with Gasteiger partial charge in [0, 0.05) is 0 Å². The molecule has 0 aliphatic heterocycles. The first-order valence-corrected chi connectivity index (χ1v) is 6.91. The second-order valence-electron chi connectivity index (χ2n) is 5.36. The molecular formula is C16H26O3. The standard InChI is InChI=1S/C16H26O3/c1-6-14(17)15(18)8-10(2)13-7-12(4)16(19-5)9-11(13)3/h7,9-10,14-15,17-18H,6,8H2,1-5H3. The molecule has 0 bridgehead atoms. The topological polar surface area (TPSA) is 49.7 Å². The van der Waals surface area contributed by atoms with Crippen molar-refractivity contribution in [3.8, 4) is 5.75 Å². The van der Waals surface area contributed by atoms with Crippen LogP contribution in [-0.4, -0.2) is 29.5 Å². The molecule has 3 unspecified atom stereocenters. The maximum absolute atomic E-state index is 9.94. The average Bonchev–Trinajstić information content (AvgIpc) is 2.39. The molecule has 3 nitrogen and oxygen atoms in total. The number of ether oxygens (including phenoxy) is 1. The van der Waals surface area contributed by atoms with E-state index in [9.17, 15) is 10.2 Å². The summed E-state index contributed by atoms with van der Waals surface area (Å²) in [7, 11) is 1.67. The molecule has 1 rings (SSSR count). The summed E-state index contributed by atoms with van der Waals surface area (Å²) < 4.78 is 5.31. The first kappa shape index (κ1) is 16.0. The normalized spacial score (nSPS) is 15.9. The second kappa shape index (κ2) is 6.92. The summed E-state index contributed by atoms with van der Waals surface area (Å²) in [6.07, 6.45) is -0.153. The number of benzene rings is 1. The number of aliphatic hydroxyl groups is 2. The van der Waals surface area contributed by atoms with E-state index in [-0.39, 0.29) is 5.92 Å². The Kier molecular flexibility index (Phi) is 5.83. The van der Waals surface area contributed by atoms with E-state index in [0.717, 1.165) is 16.9 Å². The van der Waals surface area contributed by atoms with Crippen molar-refractivity contribution in [2.24, 2.45) is 0 Å². The molecule has 0 heterocycles. The molecule has 0 aliphatic carbocycles. The molecule has 108 valence electrons. The highest BCUT2D eigenvalue weighted by Gasteiger charge is 2.20. The molecule has 0 amide bonds. The van der Waals surface area contributed by atoms with Crippen LogP contribution in [0, 0.1) is 13.8 Å². The summed E-state index contributed by atoms with van der Waals surface area (Å²) in [6, 6.07) is 4.15. The lowest BCUT2D eigenvalue weighted by molar-refractivity contribution is 0.00950. The van der Waals surface area contributed by atoms with Crippen LogP contribution >= 0.6 is 0 Å². The van der Waals surface area contributed by atoms with E-state index in [0.29, 0.717) is 12.8 Å². The third kappa shape index (κ3) is 3.95. The van der Waals surface area contributed by atoms with Crippen molar-refractivity contribution < 1.29 is 14.9 Å². The van der Waals surface area contributed by atoms with Gasteiger partial charge in [-0.25, -0.2) is 0 Å². The van der Waals surface area contributed by atoms with Crippen LogP contribution in [0.3, 0.4) is 0 Å². The largest absolute Gasteiger partial charge is 0.496 e. The molecule has 3 atom stereocenters. The summed E-state index contributed by atoms with van der Waals surface area (Å²) in [5, 5.41) is 19.6. The third-order valence-electron chi connectivity index (χ3n) is 3.77. The minimum Gasteiger partial charge on any atom is -0.496 e. The van der Waals surface area contributed by atoms with Crippen LogP contribution < -0.4 is 4.74 Å². The third-order valence-corrected chi connectivity index (χ3v) is 3.77. The first-order chi connectivity index (χ1) is 8.90. The summed E-state index contributed by atoms with van der Waals surface area (Å²) >= 11 is 0. The monoisotopic (exact) mass is 266 g/mol. The smallest absolute Gasteiger partial charge is 0.122 e. The molecule has 2 N–H and O–H groups in total. The molecular weight excluding hydrogens is 240 g/mol. The minimum absolute atomic E-state index is 0.209. The van der Waals surface area contributed by atoms with Crippen LogP contribution in [0.1, 0.15) is 49.3 Å². The Balaban J connectivity index is 2.88. The lowest BCUT2D eigenvalue weighted by Crippen LogP contribution is -2.26. The molecule has 0 spiro atoms. The van der Waals surface area contributed by atoms with Crippen molar-refractivity contribution in [3.05, 3.63) is 28.8 Å². The maximum atomic E-state index is 9.94. The fourth-order valence-corrected chi connectivity index (χ4v) is 2.48. The lowest BCUT2D eigenvalue weighted by Gasteiger charge is -2.22. The Morgan fingerprint density at radius 1 is 1.11 bits per heavy atom. The van der Waals surface area contributed by atoms with Crippen molar-refractivity contribution >= 4 is 0 Å². The number of aliphatic hydroxyl groups excluding tert-OH is 2. The summed E-state index contributed by atoms with van der Waals surface area (Å²) in [5.74, 6) is 1.10. The van der Waals surface area contributed by atoms with Gasteiger partial charge in [-0.15, -0.1) is 0 Å². The minimum atomic E-state index is -0.665. The Bertz CT molecular complexity index is 415. The van der Waals surface area contributed by atoms with E-state index in [1.165, 1.54) is 5.56 Å². The Morgan fingerprint density at radius 2 is 1.74 bits per heavy atom. The number of hydrogen-bond acceptors (Lipinski definition) is 3. The SMILES string of the molecule is CCC(O)C(O)CC(C)c1cc(C)c(OC)cc1C. The summed E-state index contributed by atoms with van der Waals surface area (Å²) in [4.78, 5) is 0. The van der Waals surface area contributed by atoms with E-state index in [2.05, 4.69) is 19.9 Å². The van der Waals surface area contributed by atoms with Gasteiger partial charge in [0.25, 0.3) is 0 Å². The molecule has 0 aromatic heterocycles. The fraction of sp³-hybridized carbons (Fsp3) is 0.625. The van der Waals surface area contributed by atoms with Crippen LogP contribution in [0.2, 0.25) is 0 Å². The predicted molar refractivity (Wildman–Crippen MR) is 77.8 cm³/mol. The van der Waals surface area contributed by atoms with E-state index in [4.69, 9.17) is 4.74 Å². The molecule has 1 aromatic carbocycles. The zero-order chi connectivity index (χ0) is 14.6. The van der Waals surface area contributed by atoms with Crippen molar-refractivity contribution in [2.75, 3.05) is 7.11 Å². The molecule has 0 saturated carbocycles. The molecule has 0 saturated heterocycles. The highest BCUT2D eigenvalue weighted by Crippen LogP contribution is 2.30. The molecule has 19 heavy (non-hydrogen) atoms. The van der Waals surface area contributed by atoms with Crippen LogP contribution in [0.25, 0.3) is 0 Å². The van der Waals surface area contributed by atoms with Gasteiger partial charge in [0.2, 0.25) is 0 Å². The molecule has 0 radical (unpaired) electrons. The molecule has 3 heteroatoms. The fourth-order valence-electron chi connectivity index (χ4n) is 2.48. The number of methoxy groups -OCH3 is 1. The van der Waals surface area contributed by atoms with Gasteiger partial charge in [-0.2, -0.15) is 0 Å². The van der Waals surface area contributed by atoms with Gasteiger partial charge in [-0.3, -0.25) is 0 Å². The Morgan fingerprint density at radius 3 is 2.26 bits per heavy atom. The summed E-state index contributed by atoms with van der Waals surface area (Å²) in [5.41, 5.74) is 3.47. The average molecular weight is 266 g/mol. The molecule has 0 fully saturated rings. The van der Waals surface area contributed by atoms with Crippen molar-refractivity contribution in [2.45, 2.75) is 58.7 Å². The number of aryl methyl sites for hydroxylation is 2.